The summed E-state index contributed by atoms with van der Waals surface area (Å²) < 4.78 is 17.1. The lowest BCUT2D eigenvalue weighted by atomic mass is 9.92. The van der Waals surface area contributed by atoms with Crippen molar-refractivity contribution >= 4 is 5.97 Å². The normalized spacial score (nSPS) is 24.0. The molecule has 4 heteroatoms. The minimum atomic E-state index is -0.254. The quantitative estimate of drug-likeness (QED) is 0.598. The molecule has 0 unspecified atom stereocenters. The molecule has 0 heterocycles. The number of hydrogen-bond acceptors (Lipinski definition) is 4. The Labute approximate surface area is 138 Å². The highest BCUT2D eigenvalue weighted by molar-refractivity contribution is 5.66. The van der Waals surface area contributed by atoms with E-state index in [0.29, 0.717) is 19.6 Å². The number of benzene rings is 1. The van der Waals surface area contributed by atoms with Crippen molar-refractivity contribution < 1.29 is 19.0 Å². The van der Waals surface area contributed by atoms with Gasteiger partial charge in [-0.25, -0.2) is 0 Å². The Balaban J connectivity index is 1.90. The van der Waals surface area contributed by atoms with Gasteiger partial charge in [-0.05, 0) is 24.6 Å². The molecule has 1 aromatic carbocycles. The first-order chi connectivity index (χ1) is 11.1. The molecule has 0 aromatic heterocycles. The highest BCUT2D eigenvalue weighted by Gasteiger charge is 2.31. The third kappa shape index (κ3) is 5.70. The van der Waals surface area contributed by atoms with E-state index < -0.39 is 0 Å². The molecular formula is C19H24O4. The maximum atomic E-state index is 11.2. The largest absolute Gasteiger partial charge is 0.462 e. The Morgan fingerprint density at radius 1 is 1.13 bits per heavy atom. The van der Waals surface area contributed by atoms with E-state index in [0.717, 1.165) is 24.0 Å². The van der Waals surface area contributed by atoms with Crippen molar-refractivity contribution in [2.75, 3.05) is 6.61 Å². The molecule has 0 amide bonds. The molecule has 3 atom stereocenters. The van der Waals surface area contributed by atoms with Crippen LogP contribution in [0.25, 0.3) is 0 Å². The molecule has 4 nitrogen and oxygen atoms in total. The second-order valence-electron chi connectivity index (χ2n) is 5.79. The van der Waals surface area contributed by atoms with E-state index in [-0.39, 0.29) is 24.3 Å². The monoisotopic (exact) mass is 316 g/mol. The molecule has 1 aliphatic carbocycles. The summed E-state index contributed by atoms with van der Waals surface area (Å²) in [5.74, 6) is 2.34. The smallest absolute Gasteiger partial charge is 0.302 e. The van der Waals surface area contributed by atoms with E-state index in [9.17, 15) is 4.79 Å². The molecule has 0 N–H and O–H groups in total. The predicted molar refractivity (Wildman–Crippen MR) is 87.8 cm³/mol. The maximum absolute atomic E-state index is 11.2. The molecule has 0 saturated heterocycles. The first-order valence-corrected chi connectivity index (χ1v) is 8.06. The van der Waals surface area contributed by atoms with Crippen molar-refractivity contribution in [2.24, 2.45) is 0 Å². The SMILES string of the molecule is C#Cc1ccc(CO[C@H]2C[C@@H](OCC)C[C@H](OC(C)=O)C2)cc1. The van der Waals surface area contributed by atoms with Crippen LogP contribution in [0.4, 0.5) is 0 Å². The third-order valence-electron chi connectivity index (χ3n) is 3.92. The second-order valence-corrected chi connectivity index (χ2v) is 5.79. The van der Waals surface area contributed by atoms with E-state index in [1.807, 2.05) is 31.2 Å². The zero-order valence-corrected chi connectivity index (χ0v) is 13.8. The molecule has 1 saturated carbocycles. The Bertz CT molecular complexity index is 543. The molecule has 0 radical (unpaired) electrons. The van der Waals surface area contributed by atoms with E-state index in [4.69, 9.17) is 20.6 Å². The van der Waals surface area contributed by atoms with Crippen LogP contribution in [0.1, 0.15) is 44.2 Å². The molecule has 23 heavy (non-hydrogen) atoms. The van der Waals surface area contributed by atoms with E-state index in [2.05, 4.69) is 5.92 Å². The molecule has 124 valence electrons. The zero-order chi connectivity index (χ0) is 16.7. The summed E-state index contributed by atoms with van der Waals surface area (Å²) in [6.45, 7) is 4.57. The number of esters is 1. The first-order valence-electron chi connectivity index (χ1n) is 8.06. The van der Waals surface area contributed by atoms with Crippen LogP contribution in [0.5, 0.6) is 0 Å². The summed E-state index contributed by atoms with van der Waals surface area (Å²) in [7, 11) is 0. The molecule has 1 fully saturated rings. The van der Waals surface area contributed by atoms with Gasteiger partial charge < -0.3 is 14.2 Å². The third-order valence-corrected chi connectivity index (χ3v) is 3.92. The van der Waals surface area contributed by atoms with Gasteiger partial charge in [0.05, 0.1) is 18.8 Å². The zero-order valence-electron chi connectivity index (χ0n) is 13.8. The molecule has 1 aliphatic rings. The van der Waals surface area contributed by atoms with Crippen molar-refractivity contribution in [1.29, 1.82) is 0 Å². The lowest BCUT2D eigenvalue weighted by Crippen LogP contribution is -2.38. The summed E-state index contributed by atoms with van der Waals surface area (Å²) in [5.41, 5.74) is 1.93. The fourth-order valence-corrected chi connectivity index (χ4v) is 2.92. The first kappa shape index (κ1) is 17.5. The molecule has 0 spiro atoms. The molecule has 0 aliphatic heterocycles. The van der Waals surface area contributed by atoms with Gasteiger partial charge >= 0.3 is 5.97 Å². The maximum Gasteiger partial charge on any atom is 0.302 e. The lowest BCUT2D eigenvalue weighted by molar-refractivity contribution is -0.156. The summed E-state index contributed by atoms with van der Waals surface area (Å²) in [6, 6.07) is 7.76. The van der Waals surface area contributed by atoms with E-state index in [1.54, 1.807) is 0 Å². The van der Waals surface area contributed by atoms with Gasteiger partial charge in [0.2, 0.25) is 0 Å². The topological polar surface area (TPSA) is 44.8 Å². The van der Waals surface area contributed by atoms with Crippen LogP contribution in [0.3, 0.4) is 0 Å². The number of ether oxygens (including phenoxy) is 3. The molecule has 2 rings (SSSR count). The van der Waals surface area contributed by atoms with Crippen LogP contribution in [0.2, 0.25) is 0 Å². The van der Waals surface area contributed by atoms with Crippen LogP contribution >= 0.6 is 0 Å². The van der Waals surface area contributed by atoms with Crippen LogP contribution in [-0.2, 0) is 25.6 Å². The predicted octanol–water partition coefficient (Wildman–Crippen LogP) is 3.07. The van der Waals surface area contributed by atoms with Crippen LogP contribution in [0.15, 0.2) is 24.3 Å². The van der Waals surface area contributed by atoms with Crippen molar-refractivity contribution in [1.82, 2.24) is 0 Å². The molecular weight excluding hydrogens is 292 g/mol. The summed E-state index contributed by atoms with van der Waals surface area (Å²) >= 11 is 0. The van der Waals surface area contributed by atoms with Gasteiger partial charge in [0.15, 0.2) is 0 Å². The summed E-state index contributed by atoms with van der Waals surface area (Å²) in [4.78, 5) is 11.2. The summed E-state index contributed by atoms with van der Waals surface area (Å²) in [5, 5.41) is 0. The highest BCUT2D eigenvalue weighted by Crippen LogP contribution is 2.27. The van der Waals surface area contributed by atoms with Crippen molar-refractivity contribution in [2.45, 2.75) is 58.0 Å². The van der Waals surface area contributed by atoms with Crippen LogP contribution in [-0.4, -0.2) is 30.9 Å². The number of terminal acetylenes is 1. The van der Waals surface area contributed by atoms with E-state index >= 15 is 0 Å². The van der Waals surface area contributed by atoms with Gasteiger partial charge in [-0.15, -0.1) is 6.42 Å². The number of hydrogen-bond donors (Lipinski definition) is 0. The van der Waals surface area contributed by atoms with Gasteiger partial charge in [-0.3, -0.25) is 4.79 Å². The lowest BCUT2D eigenvalue weighted by Gasteiger charge is -2.34. The second kappa shape index (κ2) is 8.71. The number of carbonyl (C=O) groups excluding carboxylic acids is 1. The summed E-state index contributed by atoms with van der Waals surface area (Å²) in [6.07, 6.45) is 7.60. The average molecular weight is 316 g/mol. The number of rotatable bonds is 6. The van der Waals surface area contributed by atoms with Gasteiger partial charge in [-0.2, -0.15) is 0 Å². The molecule has 1 aromatic rings. The van der Waals surface area contributed by atoms with Crippen molar-refractivity contribution in [3.05, 3.63) is 35.4 Å². The average Bonchev–Trinajstić information content (AvgIpc) is 2.53. The van der Waals surface area contributed by atoms with Crippen LogP contribution < -0.4 is 0 Å². The highest BCUT2D eigenvalue weighted by atomic mass is 16.6. The minimum absolute atomic E-state index is 0.0250. The van der Waals surface area contributed by atoms with Crippen LogP contribution in [0, 0.1) is 12.3 Å². The van der Waals surface area contributed by atoms with Gasteiger partial charge in [0, 0.05) is 38.4 Å². The Hall–Kier alpha value is -1.83. The van der Waals surface area contributed by atoms with Crippen molar-refractivity contribution in [3.8, 4) is 12.3 Å². The van der Waals surface area contributed by atoms with E-state index in [1.165, 1.54) is 6.92 Å². The van der Waals surface area contributed by atoms with Gasteiger partial charge in [0.25, 0.3) is 0 Å². The fraction of sp³-hybridized carbons (Fsp3) is 0.526. The fourth-order valence-electron chi connectivity index (χ4n) is 2.92. The minimum Gasteiger partial charge on any atom is -0.462 e. The van der Waals surface area contributed by atoms with Gasteiger partial charge in [-0.1, -0.05) is 18.1 Å². The Kier molecular flexibility index (Phi) is 6.64. The standard InChI is InChI=1S/C19H24O4/c1-4-15-6-8-16(9-7-15)13-22-18-10-17(21-5-2)11-19(12-18)23-14(3)20/h1,6-9,17-19H,5,10-13H2,2-3H3/t17-,18+,19+/m1/s1. The Morgan fingerprint density at radius 2 is 1.74 bits per heavy atom. The molecule has 0 bridgehead atoms. The van der Waals surface area contributed by atoms with Gasteiger partial charge in [0.1, 0.15) is 6.10 Å². The Morgan fingerprint density at radius 3 is 2.30 bits per heavy atom. The van der Waals surface area contributed by atoms with Crippen molar-refractivity contribution in [3.63, 3.8) is 0 Å². The number of carbonyl (C=O) groups is 1.